The molecule has 2 fully saturated rings. The molecule has 158 valence electrons. The number of hydrogen-bond acceptors (Lipinski definition) is 11. The Morgan fingerprint density at radius 2 is 1.33 bits per heavy atom. The van der Waals surface area contributed by atoms with Gasteiger partial charge in [-0.05, 0) is 0 Å². The lowest BCUT2D eigenvalue weighted by Crippen LogP contribution is -2.64. The fraction of sp³-hybridized carbons (Fsp3) is 0.933. The van der Waals surface area contributed by atoms with Gasteiger partial charge in [0.25, 0.3) is 0 Å². The summed E-state index contributed by atoms with van der Waals surface area (Å²) in [6.07, 6.45) is -15.3. The van der Waals surface area contributed by atoms with Crippen LogP contribution >= 0.6 is 0 Å². The van der Waals surface area contributed by atoms with Crippen LogP contribution in [0.4, 0.5) is 0 Å². The van der Waals surface area contributed by atoms with E-state index in [4.69, 9.17) is 14.2 Å². The second-order valence-electron chi connectivity index (χ2n) is 6.51. The van der Waals surface area contributed by atoms with E-state index in [1.54, 1.807) is 6.92 Å². The van der Waals surface area contributed by atoms with E-state index in [2.05, 4.69) is 5.32 Å². The van der Waals surface area contributed by atoms with Gasteiger partial charge in [0.05, 0.1) is 6.61 Å². The average molecular weight is 397 g/mol. The first-order chi connectivity index (χ1) is 12.7. The zero-order valence-corrected chi connectivity index (χ0v) is 14.7. The summed E-state index contributed by atoms with van der Waals surface area (Å²) < 4.78 is 15.8. The Morgan fingerprint density at radius 3 is 1.81 bits per heavy atom. The fourth-order valence-corrected chi connectivity index (χ4v) is 2.85. The van der Waals surface area contributed by atoms with Crippen molar-refractivity contribution < 1.29 is 54.8 Å². The van der Waals surface area contributed by atoms with E-state index in [9.17, 15) is 40.5 Å². The van der Waals surface area contributed by atoms with Crippen molar-refractivity contribution >= 4 is 5.91 Å². The van der Waals surface area contributed by atoms with E-state index < -0.39 is 68.0 Å². The Kier molecular flexibility index (Phi) is 7.88. The van der Waals surface area contributed by atoms with Gasteiger partial charge < -0.3 is 55.3 Å². The molecule has 10 atom stereocenters. The molecule has 12 heteroatoms. The SMILES string of the molecule is CCC(=O)NCC1O[C@H](O[C@H]2OC(CO)[C@@H](O)C(O)[C@H]2O)C(O)[C@@H](O)[C@@H]1O. The van der Waals surface area contributed by atoms with Crippen molar-refractivity contribution in [3.8, 4) is 0 Å². The highest BCUT2D eigenvalue weighted by Gasteiger charge is 2.49. The van der Waals surface area contributed by atoms with Crippen LogP contribution in [-0.4, -0.2) is 116 Å². The summed E-state index contributed by atoms with van der Waals surface area (Å²) in [5, 5.41) is 71.2. The Labute approximate surface area is 154 Å². The fourth-order valence-electron chi connectivity index (χ4n) is 2.85. The van der Waals surface area contributed by atoms with Crippen molar-refractivity contribution in [2.24, 2.45) is 0 Å². The number of rotatable bonds is 6. The van der Waals surface area contributed by atoms with Gasteiger partial charge >= 0.3 is 0 Å². The van der Waals surface area contributed by atoms with Crippen molar-refractivity contribution in [3.05, 3.63) is 0 Å². The van der Waals surface area contributed by atoms with Crippen LogP contribution in [-0.2, 0) is 19.0 Å². The average Bonchev–Trinajstić information content (AvgIpc) is 2.67. The molecular weight excluding hydrogens is 370 g/mol. The second kappa shape index (κ2) is 9.52. The maximum absolute atomic E-state index is 11.4. The van der Waals surface area contributed by atoms with Crippen LogP contribution in [0.25, 0.3) is 0 Å². The quantitative estimate of drug-likeness (QED) is 0.214. The first-order valence-corrected chi connectivity index (χ1v) is 8.63. The van der Waals surface area contributed by atoms with Crippen LogP contribution in [0.1, 0.15) is 13.3 Å². The predicted molar refractivity (Wildman–Crippen MR) is 84.8 cm³/mol. The number of carbonyl (C=O) groups excluding carboxylic acids is 1. The largest absolute Gasteiger partial charge is 0.394 e. The lowest BCUT2D eigenvalue weighted by atomic mass is 9.98. The van der Waals surface area contributed by atoms with E-state index in [1.165, 1.54) is 0 Å². The maximum atomic E-state index is 11.4. The zero-order chi connectivity index (χ0) is 20.3. The van der Waals surface area contributed by atoms with E-state index in [-0.39, 0.29) is 18.9 Å². The molecule has 1 amide bonds. The summed E-state index contributed by atoms with van der Waals surface area (Å²) >= 11 is 0. The lowest BCUT2D eigenvalue weighted by Gasteiger charge is -2.44. The van der Waals surface area contributed by atoms with Gasteiger partial charge in [-0.3, -0.25) is 4.79 Å². The van der Waals surface area contributed by atoms with Crippen molar-refractivity contribution in [1.82, 2.24) is 5.32 Å². The smallest absolute Gasteiger partial charge is 0.219 e. The molecule has 0 aliphatic carbocycles. The van der Waals surface area contributed by atoms with Crippen LogP contribution in [0.15, 0.2) is 0 Å². The third kappa shape index (κ3) is 4.92. The van der Waals surface area contributed by atoms with Crippen LogP contribution in [0, 0.1) is 0 Å². The number of carbonyl (C=O) groups is 1. The van der Waals surface area contributed by atoms with Crippen molar-refractivity contribution in [2.75, 3.05) is 13.2 Å². The van der Waals surface area contributed by atoms with Gasteiger partial charge in [0.2, 0.25) is 5.91 Å². The number of hydrogen-bond donors (Lipinski definition) is 8. The summed E-state index contributed by atoms with van der Waals surface area (Å²) in [4.78, 5) is 11.4. The zero-order valence-electron chi connectivity index (χ0n) is 14.7. The summed E-state index contributed by atoms with van der Waals surface area (Å²) in [7, 11) is 0. The molecule has 0 saturated carbocycles. The molecule has 4 unspecified atom stereocenters. The summed E-state index contributed by atoms with van der Waals surface area (Å²) in [5.74, 6) is -0.321. The monoisotopic (exact) mass is 397 g/mol. The summed E-state index contributed by atoms with van der Waals surface area (Å²) in [5.41, 5.74) is 0. The molecule has 2 rings (SSSR count). The number of ether oxygens (including phenoxy) is 3. The standard InChI is InChI=1S/C15H27NO11/c1-2-7(18)16-3-5-8(19)10(21)12(23)14(25-5)27-15-13(24)11(22)9(20)6(4-17)26-15/h5-6,8-15,17,19-24H,2-4H2,1H3,(H,16,18)/t5?,6?,8-,9-,10+,11?,12?,13-,14-,15-/m1/s1. The first kappa shape index (κ1) is 22.4. The molecule has 12 nitrogen and oxygen atoms in total. The van der Waals surface area contributed by atoms with Gasteiger partial charge in [-0.15, -0.1) is 0 Å². The minimum atomic E-state index is -1.74. The highest BCUT2D eigenvalue weighted by Crippen LogP contribution is 2.27. The molecule has 8 N–H and O–H groups in total. The van der Waals surface area contributed by atoms with Gasteiger partial charge in [-0.1, -0.05) is 6.92 Å². The third-order valence-corrected chi connectivity index (χ3v) is 4.61. The molecule has 2 aliphatic rings. The lowest BCUT2D eigenvalue weighted by molar-refractivity contribution is -0.374. The third-order valence-electron chi connectivity index (χ3n) is 4.61. The van der Waals surface area contributed by atoms with Crippen molar-refractivity contribution in [1.29, 1.82) is 0 Å². The van der Waals surface area contributed by atoms with Gasteiger partial charge in [0, 0.05) is 13.0 Å². The van der Waals surface area contributed by atoms with Crippen LogP contribution in [0.2, 0.25) is 0 Å². The number of amides is 1. The van der Waals surface area contributed by atoms with Crippen molar-refractivity contribution in [3.63, 3.8) is 0 Å². The second-order valence-corrected chi connectivity index (χ2v) is 6.51. The molecule has 2 aliphatic heterocycles. The summed E-state index contributed by atoms with van der Waals surface area (Å²) in [6.45, 7) is 0.773. The van der Waals surface area contributed by atoms with Gasteiger partial charge in [-0.2, -0.15) is 0 Å². The molecule has 2 heterocycles. The highest BCUT2D eigenvalue weighted by molar-refractivity contribution is 5.75. The van der Waals surface area contributed by atoms with E-state index >= 15 is 0 Å². The first-order valence-electron chi connectivity index (χ1n) is 8.63. The molecule has 27 heavy (non-hydrogen) atoms. The normalized spacial score (nSPS) is 45.5. The summed E-state index contributed by atoms with van der Waals surface area (Å²) in [6, 6.07) is 0. The minimum Gasteiger partial charge on any atom is -0.394 e. The molecular formula is C15H27NO11. The van der Waals surface area contributed by atoms with Crippen LogP contribution < -0.4 is 5.32 Å². The molecule has 0 radical (unpaired) electrons. The Morgan fingerprint density at radius 1 is 0.852 bits per heavy atom. The number of aliphatic hydroxyl groups is 7. The Hall–Kier alpha value is -0.930. The van der Waals surface area contributed by atoms with Crippen LogP contribution in [0.3, 0.4) is 0 Å². The molecule has 0 aromatic carbocycles. The number of nitrogens with one attached hydrogen (secondary N) is 1. The van der Waals surface area contributed by atoms with Crippen molar-refractivity contribution in [2.45, 2.75) is 74.8 Å². The van der Waals surface area contributed by atoms with E-state index in [1.807, 2.05) is 0 Å². The minimum absolute atomic E-state index is 0.174. The molecule has 0 bridgehead atoms. The molecule has 0 aromatic heterocycles. The molecule has 0 aromatic rings. The topological polar surface area (TPSA) is 198 Å². The Bertz CT molecular complexity index is 492. The maximum Gasteiger partial charge on any atom is 0.219 e. The predicted octanol–water partition coefficient (Wildman–Crippen LogP) is -4.86. The van der Waals surface area contributed by atoms with E-state index in [0.717, 1.165) is 0 Å². The van der Waals surface area contributed by atoms with Gasteiger partial charge in [0.15, 0.2) is 12.6 Å². The number of aliphatic hydroxyl groups excluding tert-OH is 7. The molecule has 0 spiro atoms. The van der Waals surface area contributed by atoms with Gasteiger partial charge in [-0.25, -0.2) is 0 Å². The molecule has 2 saturated heterocycles. The Balaban J connectivity index is 2.05. The highest BCUT2D eigenvalue weighted by atomic mass is 16.8. The van der Waals surface area contributed by atoms with E-state index in [0.29, 0.717) is 0 Å². The van der Waals surface area contributed by atoms with Crippen LogP contribution in [0.5, 0.6) is 0 Å². The van der Waals surface area contributed by atoms with Gasteiger partial charge in [0.1, 0.15) is 48.8 Å².